The molecule has 142 valence electrons. The van der Waals surface area contributed by atoms with Crippen LogP contribution in [-0.4, -0.2) is 51.0 Å². The van der Waals surface area contributed by atoms with Crippen LogP contribution in [0.15, 0.2) is 30.5 Å². The zero-order valence-electron chi connectivity index (χ0n) is 15.1. The van der Waals surface area contributed by atoms with Crippen LogP contribution in [0, 0.1) is 0 Å². The molecule has 1 saturated carbocycles. The van der Waals surface area contributed by atoms with Crippen molar-refractivity contribution in [3.63, 3.8) is 0 Å². The molecular formula is C19H24N6O2. The summed E-state index contributed by atoms with van der Waals surface area (Å²) < 4.78 is 0. The minimum Gasteiger partial charge on any atom is -0.353 e. The fraction of sp³-hybridized carbons (Fsp3) is 0.474. The molecule has 0 unspecified atom stereocenters. The van der Waals surface area contributed by atoms with Gasteiger partial charge in [-0.25, -0.2) is 0 Å². The third-order valence-electron chi connectivity index (χ3n) is 5.03. The molecule has 1 aliphatic heterocycles. The van der Waals surface area contributed by atoms with Gasteiger partial charge in [0.1, 0.15) is 0 Å². The van der Waals surface area contributed by atoms with Gasteiger partial charge in [-0.1, -0.05) is 6.07 Å². The van der Waals surface area contributed by atoms with Crippen molar-refractivity contribution in [1.82, 2.24) is 30.7 Å². The zero-order valence-corrected chi connectivity index (χ0v) is 15.1. The number of piperazine rings is 1. The van der Waals surface area contributed by atoms with Crippen LogP contribution < -0.4 is 10.6 Å². The molecule has 8 nitrogen and oxygen atoms in total. The van der Waals surface area contributed by atoms with E-state index in [9.17, 15) is 9.59 Å². The standard InChI is InChI=1S/C19H24N6O2/c26-18(22-11-15-9-16(24-23-15)13-4-5-13)10-17-19(27)21-7-8-25(17)12-14-3-1-2-6-20-14/h1-3,6,9,13,17H,4-5,7-8,10-12H2,(H,21,27)(H,22,26)(H,23,24)/t17-/m1/s1. The monoisotopic (exact) mass is 368 g/mol. The maximum absolute atomic E-state index is 12.4. The minimum atomic E-state index is -0.482. The first-order valence-electron chi connectivity index (χ1n) is 9.41. The van der Waals surface area contributed by atoms with Gasteiger partial charge in [0, 0.05) is 31.7 Å². The summed E-state index contributed by atoms with van der Waals surface area (Å²) >= 11 is 0. The minimum absolute atomic E-state index is 0.107. The lowest BCUT2D eigenvalue weighted by Gasteiger charge is -2.34. The Balaban J connectivity index is 1.32. The molecule has 1 aliphatic carbocycles. The van der Waals surface area contributed by atoms with E-state index >= 15 is 0 Å². The summed E-state index contributed by atoms with van der Waals surface area (Å²) in [7, 11) is 0. The Morgan fingerprint density at radius 3 is 3.00 bits per heavy atom. The molecular weight excluding hydrogens is 344 g/mol. The number of carbonyl (C=O) groups is 2. The Morgan fingerprint density at radius 1 is 1.33 bits per heavy atom. The summed E-state index contributed by atoms with van der Waals surface area (Å²) in [5, 5.41) is 13.0. The van der Waals surface area contributed by atoms with E-state index in [1.54, 1.807) is 6.20 Å². The highest BCUT2D eigenvalue weighted by atomic mass is 16.2. The van der Waals surface area contributed by atoms with Crippen LogP contribution in [0.3, 0.4) is 0 Å². The molecule has 0 aromatic carbocycles. The van der Waals surface area contributed by atoms with Gasteiger partial charge in [0.2, 0.25) is 11.8 Å². The number of pyridine rings is 1. The van der Waals surface area contributed by atoms with Crippen molar-refractivity contribution in [3.8, 4) is 0 Å². The van der Waals surface area contributed by atoms with Gasteiger partial charge in [-0.3, -0.25) is 24.6 Å². The summed E-state index contributed by atoms with van der Waals surface area (Å²) in [5.41, 5.74) is 2.86. The Labute approximate surface area is 157 Å². The van der Waals surface area contributed by atoms with Crippen LogP contribution in [0.25, 0.3) is 0 Å². The fourth-order valence-corrected chi connectivity index (χ4v) is 3.37. The number of aromatic amines is 1. The highest BCUT2D eigenvalue weighted by Crippen LogP contribution is 2.38. The molecule has 4 rings (SSSR count). The van der Waals surface area contributed by atoms with Crippen molar-refractivity contribution in [2.45, 2.75) is 44.3 Å². The van der Waals surface area contributed by atoms with E-state index in [1.807, 2.05) is 29.2 Å². The van der Waals surface area contributed by atoms with E-state index in [4.69, 9.17) is 0 Å². The number of nitrogens with one attached hydrogen (secondary N) is 3. The highest BCUT2D eigenvalue weighted by Gasteiger charge is 2.32. The quantitative estimate of drug-likeness (QED) is 0.667. The lowest BCUT2D eigenvalue weighted by Crippen LogP contribution is -2.56. The van der Waals surface area contributed by atoms with Crippen LogP contribution in [0.2, 0.25) is 0 Å². The Kier molecular flexibility index (Phi) is 5.15. The van der Waals surface area contributed by atoms with Crippen LogP contribution in [0.4, 0.5) is 0 Å². The van der Waals surface area contributed by atoms with Gasteiger partial charge in [-0.15, -0.1) is 0 Å². The van der Waals surface area contributed by atoms with Gasteiger partial charge in [0.25, 0.3) is 0 Å². The molecule has 2 fully saturated rings. The lowest BCUT2D eigenvalue weighted by molar-refractivity contribution is -0.134. The number of hydrogen-bond donors (Lipinski definition) is 3. The van der Waals surface area contributed by atoms with E-state index in [-0.39, 0.29) is 18.2 Å². The van der Waals surface area contributed by atoms with Crippen molar-refractivity contribution in [2.75, 3.05) is 13.1 Å². The van der Waals surface area contributed by atoms with Gasteiger partial charge >= 0.3 is 0 Å². The van der Waals surface area contributed by atoms with Gasteiger partial charge in [0.15, 0.2) is 0 Å². The van der Waals surface area contributed by atoms with Gasteiger partial charge in [-0.2, -0.15) is 5.10 Å². The molecule has 0 bridgehead atoms. The molecule has 0 radical (unpaired) electrons. The molecule has 2 aromatic heterocycles. The largest absolute Gasteiger partial charge is 0.353 e. The number of carbonyl (C=O) groups excluding carboxylic acids is 2. The molecule has 2 aliphatic rings. The number of rotatable bonds is 7. The zero-order chi connectivity index (χ0) is 18.6. The summed E-state index contributed by atoms with van der Waals surface area (Å²) in [6.07, 6.45) is 4.25. The van der Waals surface area contributed by atoms with Gasteiger partial charge in [-0.05, 0) is 31.0 Å². The second-order valence-electron chi connectivity index (χ2n) is 7.17. The van der Waals surface area contributed by atoms with Gasteiger partial charge < -0.3 is 10.6 Å². The second kappa shape index (κ2) is 7.87. The van der Waals surface area contributed by atoms with Crippen LogP contribution in [0.1, 0.15) is 42.3 Å². The van der Waals surface area contributed by atoms with E-state index in [0.717, 1.165) is 17.1 Å². The smallest absolute Gasteiger partial charge is 0.237 e. The maximum atomic E-state index is 12.4. The average Bonchev–Trinajstić information content (AvgIpc) is 3.42. The average molecular weight is 368 g/mol. The van der Waals surface area contributed by atoms with Gasteiger partial charge in [0.05, 0.1) is 36.1 Å². The number of hydrogen-bond acceptors (Lipinski definition) is 5. The molecule has 3 heterocycles. The fourth-order valence-electron chi connectivity index (χ4n) is 3.37. The summed E-state index contributed by atoms with van der Waals surface area (Å²) in [6.45, 7) is 2.23. The summed E-state index contributed by atoms with van der Waals surface area (Å²) in [6, 6.07) is 7.25. The summed E-state index contributed by atoms with van der Waals surface area (Å²) in [5.74, 6) is 0.326. The van der Waals surface area contributed by atoms with E-state index in [1.165, 1.54) is 12.8 Å². The molecule has 1 atom stereocenters. The first-order valence-corrected chi connectivity index (χ1v) is 9.41. The molecule has 1 saturated heterocycles. The van der Waals surface area contributed by atoms with Crippen molar-refractivity contribution < 1.29 is 9.59 Å². The van der Waals surface area contributed by atoms with Crippen molar-refractivity contribution in [3.05, 3.63) is 47.5 Å². The van der Waals surface area contributed by atoms with Crippen LogP contribution >= 0.6 is 0 Å². The van der Waals surface area contributed by atoms with Crippen LogP contribution in [-0.2, 0) is 22.7 Å². The topological polar surface area (TPSA) is 103 Å². The predicted octanol–water partition coefficient (Wildman–Crippen LogP) is 0.689. The molecule has 8 heteroatoms. The van der Waals surface area contributed by atoms with Crippen molar-refractivity contribution in [1.29, 1.82) is 0 Å². The molecule has 3 N–H and O–H groups in total. The Morgan fingerprint density at radius 2 is 2.22 bits per heavy atom. The van der Waals surface area contributed by atoms with E-state index in [0.29, 0.717) is 32.1 Å². The molecule has 27 heavy (non-hydrogen) atoms. The van der Waals surface area contributed by atoms with E-state index < -0.39 is 6.04 Å². The molecule has 2 amide bonds. The van der Waals surface area contributed by atoms with Crippen molar-refractivity contribution >= 4 is 11.8 Å². The lowest BCUT2D eigenvalue weighted by atomic mass is 10.1. The SMILES string of the molecule is O=C(C[C@@H]1C(=O)NCCN1Cc1ccccn1)NCc1cc(C2CC2)n[nH]1. The predicted molar refractivity (Wildman–Crippen MR) is 98.5 cm³/mol. The molecule has 0 spiro atoms. The third kappa shape index (κ3) is 4.51. The van der Waals surface area contributed by atoms with E-state index in [2.05, 4.69) is 25.8 Å². The molecule has 2 aromatic rings. The first kappa shape index (κ1) is 17.7. The summed E-state index contributed by atoms with van der Waals surface area (Å²) in [4.78, 5) is 31.1. The van der Waals surface area contributed by atoms with Crippen LogP contribution in [0.5, 0.6) is 0 Å². The number of H-pyrrole nitrogens is 1. The number of aromatic nitrogens is 3. The number of amides is 2. The van der Waals surface area contributed by atoms with Crippen molar-refractivity contribution in [2.24, 2.45) is 0 Å². The Bertz CT molecular complexity index is 802. The normalized spacial score (nSPS) is 20.3. The highest BCUT2D eigenvalue weighted by molar-refractivity contribution is 5.88. The Hall–Kier alpha value is -2.74. The maximum Gasteiger partial charge on any atom is 0.237 e. The number of nitrogens with zero attached hydrogens (tertiary/aromatic N) is 3. The second-order valence-corrected chi connectivity index (χ2v) is 7.17. The third-order valence-corrected chi connectivity index (χ3v) is 5.03. The first-order chi connectivity index (χ1) is 13.2.